The van der Waals surface area contributed by atoms with Gasteiger partial charge in [0.1, 0.15) is 0 Å². The van der Waals surface area contributed by atoms with Crippen LogP contribution >= 0.6 is 11.8 Å². The van der Waals surface area contributed by atoms with Gasteiger partial charge in [-0.05, 0) is 23.3 Å². The molecule has 0 aliphatic rings. The molecule has 0 bridgehead atoms. The summed E-state index contributed by atoms with van der Waals surface area (Å²) < 4.78 is 24.5. The van der Waals surface area contributed by atoms with Gasteiger partial charge in [0.05, 0.1) is 17.5 Å². The van der Waals surface area contributed by atoms with Crippen LogP contribution in [0, 0.1) is 0 Å². The van der Waals surface area contributed by atoms with Crippen LogP contribution < -0.4 is 10.0 Å². The predicted molar refractivity (Wildman–Crippen MR) is 102 cm³/mol. The maximum absolute atomic E-state index is 12.0. The van der Waals surface area contributed by atoms with E-state index in [4.69, 9.17) is 5.11 Å². The molecule has 0 atom stereocenters. The van der Waals surface area contributed by atoms with Crippen LogP contribution in [0.4, 0.5) is 10.5 Å². The number of hydrogen-bond acceptors (Lipinski definition) is 5. The first-order chi connectivity index (χ1) is 12.2. The maximum atomic E-state index is 12.0. The highest BCUT2D eigenvalue weighted by molar-refractivity contribution is 8.13. The Bertz CT molecular complexity index is 896. The molecule has 1 amide bonds. The molecular formula is C17H18N2O5S2. The van der Waals surface area contributed by atoms with Crippen molar-refractivity contribution in [3.05, 3.63) is 65.2 Å². The summed E-state index contributed by atoms with van der Waals surface area (Å²) in [5.74, 6) is -0.704. The van der Waals surface area contributed by atoms with E-state index < -0.39 is 16.0 Å². The molecule has 0 aliphatic heterocycles. The van der Waals surface area contributed by atoms with Gasteiger partial charge in [-0.25, -0.2) is 17.9 Å². The lowest BCUT2D eigenvalue weighted by Crippen LogP contribution is -2.21. The molecule has 0 unspecified atom stereocenters. The quantitative estimate of drug-likeness (QED) is 0.666. The summed E-state index contributed by atoms with van der Waals surface area (Å²) in [6.45, 7) is 0.207. The lowest BCUT2D eigenvalue weighted by atomic mass is 10.1. The molecule has 0 radical (unpaired) electrons. The van der Waals surface area contributed by atoms with Crippen molar-refractivity contribution in [2.45, 2.75) is 12.3 Å². The monoisotopic (exact) mass is 394 g/mol. The second-order valence-electron chi connectivity index (χ2n) is 5.46. The first-order valence-electron chi connectivity index (χ1n) is 7.53. The molecule has 0 saturated carbocycles. The predicted octanol–water partition coefficient (Wildman–Crippen LogP) is 2.90. The Balaban J connectivity index is 1.89. The average molecular weight is 394 g/mol. The number of hydrogen-bond donors (Lipinski definition) is 3. The number of carboxylic acids is 1. The van der Waals surface area contributed by atoms with Gasteiger partial charge >= 0.3 is 5.97 Å². The molecule has 0 aliphatic carbocycles. The van der Waals surface area contributed by atoms with Crippen molar-refractivity contribution in [3.8, 4) is 0 Å². The number of benzene rings is 2. The zero-order valence-electron chi connectivity index (χ0n) is 13.9. The molecule has 3 N–H and O–H groups in total. The Hall–Kier alpha value is -2.36. The van der Waals surface area contributed by atoms with Crippen LogP contribution in [0.5, 0.6) is 0 Å². The minimum Gasteiger partial charge on any atom is -0.478 e. The SMILES string of the molecule is CS(=O)(=O)NCc1ccc(CSC(=O)Nc2ccccc2C(=O)O)cc1. The minimum absolute atomic E-state index is 0.0316. The number of anilines is 1. The van der Waals surface area contributed by atoms with Crippen molar-refractivity contribution in [2.24, 2.45) is 0 Å². The van der Waals surface area contributed by atoms with Gasteiger partial charge in [-0.1, -0.05) is 48.2 Å². The van der Waals surface area contributed by atoms with Gasteiger partial charge < -0.3 is 10.4 Å². The van der Waals surface area contributed by atoms with Gasteiger partial charge in [0.25, 0.3) is 5.24 Å². The second-order valence-corrected chi connectivity index (χ2v) is 8.24. The molecule has 0 heterocycles. The van der Waals surface area contributed by atoms with Gasteiger partial charge in [-0.3, -0.25) is 4.79 Å². The first-order valence-corrected chi connectivity index (χ1v) is 10.4. The maximum Gasteiger partial charge on any atom is 0.337 e. The summed E-state index contributed by atoms with van der Waals surface area (Å²) in [6, 6.07) is 13.4. The number of para-hydroxylation sites is 1. The van der Waals surface area contributed by atoms with Crippen molar-refractivity contribution in [2.75, 3.05) is 11.6 Å². The second kappa shape index (κ2) is 8.84. The van der Waals surface area contributed by atoms with E-state index in [1.54, 1.807) is 24.3 Å². The van der Waals surface area contributed by atoms with Crippen LogP contribution in [0.15, 0.2) is 48.5 Å². The number of thioether (sulfide) groups is 1. The van der Waals surface area contributed by atoms with E-state index >= 15 is 0 Å². The Morgan fingerprint density at radius 1 is 1.04 bits per heavy atom. The number of rotatable bonds is 7. The largest absolute Gasteiger partial charge is 0.478 e. The fourth-order valence-electron chi connectivity index (χ4n) is 2.04. The Kier molecular flexibility index (Phi) is 6.78. The van der Waals surface area contributed by atoms with Crippen LogP contribution in [0.3, 0.4) is 0 Å². The smallest absolute Gasteiger partial charge is 0.337 e. The van der Waals surface area contributed by atoms with E-state index in [0.29, 0.717) is 5.75 Å². The van der Waals surface area contributed by atoms with Crippen molar-refractivity contribution in [1.82, 2.24) is 4.72 Å². The molecule has 2 aromatic carbocycles. The van der Waals surface area contributed by atoms with Crippen molar-refractivity contribution in [3.63, 3.8) is 0 Å². The molecule has 26 heavy (non-hydrogen) atoms. The lowest BCUT2D eigenvalue weighted by molar-refractivity contribution is 0.0698. The summed E-state index contributed by atoms with van der Waals surface area (Å²) in [5, 5.41) is 11.3. The Morgan fingerprint density at radius 3 is 2.27 bits per heavy atom. The molecule has 2 rings (SSSR count). The molecule has 0 spiro atoms. The van der Waals surface area contributed by atoms with E-state index in [9.17, 15) is 18.0 Å². The summed E-state index contributed by atoms with van der Waals surface area (Å²) in [5.41, 5.74) is 1.98. The summed E-state index contributed by atoms with van der Waals surface area (Å²) in [4.78, 5) is 23.2. The highest BCUT2D eigenvalue weighted by atomic mass is 32.2. The molecule has 2 aromatic rings. The third kappa shape index (κ3) is 6.51. The number of amides is 1. The van der Waals surface area contributed by atoms with Crippen LogP contribution in [-0.2, 0) is 22.3 Å². The minimum atomic E-state index is -3.24. The normalized spacial score (nSPS) is 11.1. The number of aromatic carboxylic acids is 1. The molecule has 138 valence electrons. The van der Waals surface area contributed by atoms with Crippen LogP contribution in [0.25, 0.3) is 0 Å². The fraction of sp³-hybridized carbons (Fsp3) is 0.176. The van der Waals surface area contributed by atoms with Crippen LogP contribution in [0.2, 0.25) is 0 Å². The van der Waals surface area contributed by atoms with Crippen LogP contribution in [-0.4, -0.2) is 31.0 Å². The van der Waals surface area contributed by atoms with Gasteiger partial charge in [-0.2, -0.15) is 0 Å². The molecule has 0 fully saturated rings. The number of sulfonamides is 1. The van der Waals surface area contributed by atoms with Gasteiger partial charge in [0, 0.05) is 12.3 Å². The molecule has 9 heteroatoms. The molecule has 0 aromatic heterocycles. The van der Waals surface area contributed by atoms with Crippen molar-refractivity contribution >= 4 is 38.7 Å². The zero-order chi connectivity index (χ0) is 19.2. The average Bonchev–Trinajstić information content (AvgIpc) is 2.58. The first kappa shape index (κ1) is 20.0. The van der Waals surface area contributed by atoms with Crippen molar-refractivity contribution in [1.29, 1.82) is 0 Å². The number of carbonyl (C=O) groups excluding carboxylic acids is 1. The standard InChI is InChI=1S/C17H18N2O5S2/c1-26(23,24)18-10-12-6-8-13(9-7-12)11-25-17(22)19-15-5-3-2-4-14(15)16(20)21/h2-9,18H,10-11H2,1H3,(H,19,22)(H,20,21). The van der Waals surface area contributed by atoms with E-state index in [0.717, 1.165) is 29.1 Å². The van der Waals surface area contributed by atoms with Gasteiger partial charge in [0.15, 0.2) is 0 Å². The summed E-state index contributed by atoms with van der Waals surface area (Å²) in [7, 11) is -3.24. The van der Waals surface area contributed by atoms with Gasteiger partial charge in [0.2, 0.25) is 10.0 Å². The highest BCUT2D eigenvalue weighted by Crippen LogP contribution is 2.20. The van der Waals surface area contributed by atoms with Gasteiger partial charge in [-0.15, -0.1) is 0 Å². The van der Waals surface area contributed by atoms with Crippen molar-refractivity contribution < 1.29 is 23.1 Å². The summed E-state index contributed by atoms with van der Waals surface area (Å²) >= 11 is 1.01. The molecule has 0 saturated heterocycles. The van der Waals surface area contributed by atoms with E-state index in [1.165, 1.54) is 12.1 Å². The zero-order valence-corrected chi connectivity index (χ0v) is 15.6. The van der Waals surface area contributed by atoms with E-state index in [-0.39, 0.29) is 23.0 Å². The number of carboxylic acid groups (broad SMARTS) is 1. The Labute approximate surface area is 155 Å². The van der Waals surface area contributed by atoms with E-state index in [1.807, 2.05) is 12.1 Å². The lowest BCUT2D eigenvalue weighted by Gasteiger charge is -2.08. The fourth-order valence-corrected chi connectivity index (χ4v) is 3.14. The Morgan fingerprint density at radius 2 is 1.65 bits per heavy atom. The van der Waals surface area contributed by atoms with Crippen LogP contribution in [0.1, 0.15) is 21.5 Å². The summed E-state index contributed by atoms with van der Waals surface area (Å²) in [6.07, 6.45) is 1.10. The molecule has 7 nitrogen and oxygen atoms in total. The number of carbonyl (C=O) groups is 2. The third-order valence-electron chi connectivity index (χ3n) is 3.33. The third-order valence-corrected chi connectivity index (χ3v) is 4.84. The topological polar surface area (TPSA) is 113 Å². The highest BCUT2D eigenvalue weighted by Gasteiger charge is 2.12. The number of nitrogens with one attached hydrogen (secondary N) is 2. The van der Waals surface area contributed by atoms with E-state index in [2.05, 4.69) is 10.0 Å². The molecular weight excluding hydrogens is 376 g/mol.